The molecular formula is C12H12BrF3N2O2. The molecule has 0 radical (unpaired) electrons. The third-order valence-corrected chi connectivity index (χ3v) is 3.61. The van der Waals surface area contributed by atoms with E-state index in [2.05, 4.69) is 26.0 Å². The average Bonchev–Trinajstić information content (AvgIpc) is 2.27. The van der Waals surface area contributed by atoms with Crippen LogP contribution in [0.3, 0.4) is 0 Å². The van der Waals surface area contributed by atoms with Gasteiger partial charge in [-0.2, -0.15) is 0 Å². The lowest BCUT2D eigenvalue weighted by Gasteiger charge is -2.36. The molecule has 2 rings (SSSR count). The zero-order valence-electron chi connectivity index (χ0n) is 10.3. The molecule has 1 amide bonds. The largest absolute Gasteiger partial charge is 0.573 e. The Morgan fingerprint density at radius 1 is 1.40 bits per heavy atom. The molecule has 0 saturated heterocycles. The molecule has 1 aromatic rings. The Kier molecular flexibility index (Phi) is 3.97. The maximum Gasteiger partial charge on any atom is 0.573 e. The third-order valence-electron chi connectivity index (χ3n) is 3.12. The van der Waals surface area contributed by atoms with Crippen LogP contribution in [0.15, 0.2) is 22.7 Å². The van der Waals surface area contributed by atoms with E-state index in [1.54, 1.807) is 0 Å². The van der Waals surface area contributed by atoms with Gasteiger partial charge in [0.15, 0.2) is 5.75 Å². The van der Waals surface area contributed by atoms with Crippen LogP contribution in [0, 0.1) is 0 Å². The van der Waals surface area contributed by atoms with Crippen LogP contribution in [0.4, 0.5) is 18.9 Å². The highest BCUT2D eigenvalue weighted by atomic mass is 79.9. The van der Waals surface area contributed by atoms with Gasteiger partial charge < -0.3 is 15.8 Å². The van der Waals surface area contributed by atoms with Gasteiger partial charge >= 0.3 is 6.36 Å². The Labute approximate surface area is 121 Å². The first-order chi connectivity index (χ1) is 9.20. The summed E-state index contributed by atoms with van der Waals surface area (Å²) in [5.41, 5.74) is 4.76. The first-order valence-electron chi connectivity index (χ1n) is 5.85. The summed E-state index contributed by atoms with van der Waals surface area (Å²) >= 11 is 3.05. The van der Waals surface area contributed by atoms with Gasteiger partial charge in [0.25, 0.3) is 0 Å². The van der Waals surface area contributed by atoms with Crippen molar-refractivity contribution < 1.29 is 22.7 Å². The van der Waals surface area contributed by atoms with E-state index < -0.39 is 23.6 Å². The van der Waals surface area contributed by atoms with Crippen molar-refractivity contribution in [1.82, 2.24) is 0 Å². The number of amides is 1. The number of carbonyl (C=O) groups excluding carboxylic acids is 1. The molecule has 1 saturated carbocycles. The van der Waals surface area contributed by atoms with Crippen LogP contribution in [-0.4, -0.2) is 17.8 Å². The van der Waals surface area contributed by atoms with E-state index in [9.17, 15) is 18.0 Å². The van der Waals surface area contributed by atoms with Crippen LogP contribution in [0.2, 0.25) is 0 Å². The van der Waals surface area contributed by atoms with Crippen molar-refractivity contribution in [3.8, 4) is 5.75 Å². The van der Waals surface area contributed by atoms with E-state index in [4.69, 9.17) is 5.73 Å². The Morgan fingerprint density at radius 3 is 2.55 bits per heavy atom. The number of benzene rings is 1. The number of alkyl halides is 3. The van der Waals surface area contributed by atoms with Crippen LogP contribution in [0.1, 0.15) is 19.3 Å². The molecule has 0 unspecified atom stereocenters. The fourth-order valence-corrected chi connectivity index (χ4v) is 2.18. The van der Waals surface area contributed by atoms with Gasteiger partial charge in [-0.3, -0.25) is 4.79 Å². The molecule has 1 aliphatic carbocycles. The van der Waals surface area contributed by atoms with Crippen molar-refractivity contribution >= 4 is 27.5 Å². The molecule has 20 heavy (non-hydrogen) atoms. The van der Waals surface area contributed by atoms with E-state index in [1.807, 2.05) is 0 Å². The van der Waals surface area contributed by atoms with Crippen LogP contribution >= 0.6 is 15.9 Å². The van der Waals surface area contributed by atoms with Gasteiger partial charge in [0.2, 0.25) is 5.91 Å². The molecule has 1 aromatic carbocycles. The summed E-state index contributed by atoms with van der Waals surface area (Å²) in [5.74, 6) is -0.985. The number of ether oxygens (including phenoxy) is 1. The molecule has 1 fully saturated rings. The maximum absolute atomic E-state index is 12.3. The number of halogens is 4. The first kappa shape index (κ1) is 15.1. The van der Waals surface area contributed by atoms with Crippen LogP contribution in [0.25, 0.3) is 0 Å². The average molecular weight is 353 g/mol. The van der Waals surface area contributed by atoms with Gasteiger partial charge in [-0.25, -0.2) is 0 Å². The second-order valence-corrected chi connectivity index (χ2v) is 5.57. The summed E-state index contributed by atoms with van der Waals surface area (Å²) in [7, 11) is 0. The summed E-state index contributed by atoms with van der Waals surface area (Å²) in [4.78, 5) is 11.9. The maximum atomic E-state index is 12.3. The lowest BCUT2D eigenvalue weighted by Crippen LogP contribution is -2.56. The normalized spacial score (nSPS) is 17.2. The standard InChI is InChI=1S/C12H12BrF3N2O2/c13-7-2-3-8(9(6-7)20-12(14,15)16)18-10(19)11(17)4-1-5-11/h2-3,6H,1,4-5,17H2,(H,18,19). The predicted octanol–water partition coefficient (Wildman–Crippen LogP) is 3.17. The van der Waals surface area contributed by atoms with Crippen LogP contribution in [0.5, 0.6) is 5.75 Å². The summed E-state index contributed by atoms with van der Waals surface area (Å²) in [6.45, 7) is 0. The lowest BCUT2D eigenvalue weighted by atomic mass is 9.77. The van der Waals surface area contributed by atoms with Crippen molar-refractivity contribution in [2.24, 2.45) is 5.73 Å². The third kappa shape index (κ3) is 3.43. The molecule has 0 aromatic heterocycles. The molecule has 4 nitrogen and oxygen atoms in total. The summed E-state index contributed by atoms with van der Waals surface area (Å²) in [6, 6.07) is 3.96. The zero-order chi connectivity index (χ0) is 15.0. The van der Waals surface area contributed by atoms with Crippen molar-refractivity contribution in [3.63, 3.8) is 0 Å². The fourth-order valence-electron chi connectivity index (χ4n) is 1.84. The number of anilines is 1. The molecular weight excluding hydrogens is 341 g/mol. The van der Waals surface area contributed by atoms with Crippen molar-refractivity contribution in [3.05, 3.63) is 22.7 Å². The Balaban J connectivity index is 2.20. The van der Waals surface area contributed by atoms with Gasteiger partial charge in [0, 0.05) is 4.47 Å². The fraction of sp³-hybridized carbons (Fsp3) is 0.417. The smallest absolute Gasteiger partial charge is 0.404 e. The Bertz CT molecular complexity index is 530. The number of carbonyl (C=O) groups is 1. The zero-order valence-corrected chi connectivity index (χ0v) is 11.8. The minimum absolute atomic E-state index is 0.0627. The minimum Gasteiger partial charge on any atom is -0.404 e. The molecule has 0 spiro atoms. The molecule has 1 aliphatic rings. The van der Waals surface area contributed by atoms with Gasteiger partial charge in [0.1, 0.15) is 0 Å². The lowest BCUT2D eigenvalue weighted by molar-refractivity contribution is -0.274. The van der Waals surface area contributed by atoms with Crippen LogP contribution < -0.4 is 15.8 Å². The minimum atomic E-state index is -4.84. The molecule has 110 valence electrons. The molecule has 0 heterocycles. The van der Waals surface area contributed by atoms with Crippen molar-refractivity contribution in [2.75, 3.05) is 5.32 Å². The quantitative estimate of drug-likeness (QED) is 0.878. The second-order valence-electron chi connectivity index (χ2n) is 4.65. The topological polar surface area (TPSA) is 64.4 Å². The summed E-state index contributed by atoms with van der Waals surface area (Å²) in [6.07, 6.45) is -2.97. The molecule has 3 N–H and O–H groups in total. The second kappa shape index (κ2) is 5.25. The van der Waals surface area contributed by atoms with Gasteiger partial charge in [-0.05, 0) is 37.5 Å². The predicted molar refractivity (Wildman–Crippen MR) is 70.2 cm³/mol. The summed E-state index contributed by atoms with van der Waals surface area (Å²) < 4.78 is 41.3. The summed E-state index contributed by atoms with van der Waals surface area (Å²) in [5, 5.41) is 2.39. The molecule has 0 bridgehead atoms. The molecule has 0 aliphatic heterocycles. The van der Waals surface area contributed by atoms with E-state index in [1.165, 1.54) is 12.1 Å². The van der Waals surface area contributed by atoms with Gasteiger partial charge in [-0.15, -0.1) is 13.2 Å². The molecule has 8 heteroatoms. The highest BCUT2D eigenvalue weighted by Gasteiger charge is 2.40. The Hall–Kier alpha value is -1.28. The van der Waals surface area contributed by atoms with E-state index >= 15 is 0 Å². The van der Waals surface area contributed by atoms with E-state index in [-0.39, 0.29) is 5.69 Å². The number of nitrogens with one attached hydrogen (secondary N) is 1. The highest BCUT2D eigenvalue weighted by molar-refractivity contribution is 9.10. The number of rotatable bonds is 3. The van der Waals surface area contributed by atoms with Crippen LogP contribution in [-0.2, 0) is 4.79 Å². The Morgan fingerprint density at radius 2 is 2.05 bits per heavy atom. The number of hydrogen-bond acceptors (Lipinski definition) is 3. The number of hydrogen-bond donors (Lipinski definition) is 2. The van der Waals surface area contributed by atoms with Crippen molar-refractivity contribution in [2.45, 2.75) is 31.2 Å². The van der Waals surface area contributed by atoms with Gasteiger partial charge in [-0.1, -0.05) is 15.9 Å². The van der Waals surface area contributed by atoms with Gasteiger partial charge in [0.05, 0.1) is 11.2 Å². The number of nitrogens with two attached hydrogens (primary N) is 1. The highest BCUT2D eigenvalue weighted by Crippen LogP contribution is 2.35. The van der Waals surface area contributed by atoms with Crippen molar-refractivity contribution in [1.29, 1.82) is 0 Å². The SMILES string of the molecule is NC1(C(=O)Nc2ccc(Br)cc2OC(F)(F)F)CCC1. The van der Waals surface area contributed by atoms with E-state index in [0.29, 0.717) is 17.3 Å². The monoisotopic (exact) mass is 352 g/mol. The first-order valence-corrected chi connectivity index (χ1v) is 6.65. The molecule has 0 atom stereocenters. The van der Waals surface area contributed by atoms with E-state index in [0.717, 1.165) is 12.5 Å².